The summed E-state index contributed by atoms with van der Waals surface area (Å²) in [6.07, 6.45) is 2.54. The molecule has 25 heavy (non-hydrogen) atoms. The Morgan fingerprint density at radius 3 is 2.76 bits per heavy atom. The van der Waals surface area contributed by atoms with Crippen LogP contribution in [-0.4, -0.2) is 17.4 Å². The topological polar surface area (TPSA) is 54.0 Å². The minimum absolute atomic E-state index is 0.0895. The first kappa shape index (κ1) is 17.6. The van der Waals surface area contributed by atoms with E-state index < -0.39 is 0 Å². The summed E-state index contributed by atoms with van der Waals surface area (Å²) in [4.78, 5) is 17.3. The predicted octanol–water partition coefficient (Wildman–Crippen LogP) is 4.69. The van der Waals surface area contributed by atoms with Crippen LogP contribution in [0.5, 0.6) is 0 Å². The largest absolute Gasteiger partial charge is 0.376 e. The lowest BCUT2D eigenvalue weighted by molar-refractivity contribution is -0.114. The summed E-state index contributed by atoms with van der Waals surface area (Å²) >= 11 is 4.91. The van der Waals surface area contributed by atoms with Crippen molar-refractivity contribution in [2.75, 3.05) is 17.2 Å². The van der Waals surface area contributed by atoms with Crippen LogP contribution in [0.1, 0.15) is 10.4 Å². The molecule has 2 N–H and O–H groups in total. The minimum atomic E-state index is -0.309. The Balaban J connectivity index is 1.52. The number of rotatable bonds is 6. The van der Waals surface area contributed by atoms with Gasteiger partial charge in [-0.25, -0.2) is 9.37 Å². The number of benzene rings is 2. The Morgan fingerprint density at radius 1 is 1.20 bits per heavy atom. The molecule has 3 aromatic rings. The van der Waals surface area contributed by atoms with Crippen molar-refractivity contribution in [2.24, 2.45) is 0 Å². The molecule has 7 heteroatoms. The van der Waals surface area contributed by atoms with E-state index in [-0.39, 0.29) is 18.3 Å². The molecule has 128 valence electrons. The number of carbonyl (C=O) groups excluding carboxylic acids is 1. The molecule has 0 saturated carbocycles. The summed E-state index contributed by atoms with van der Waals surface area (Å²) in [7, 11) is 0. The maximum absolute atomic E-state index is 12.8. The average molecular weight is 420 g/mol. The molecule has 0 atom stereocenters. The van der Waals surface area contributed by atoms with Crippen LogP contribution >= 0.6 is 27.3 Å². The molecule has 3 rings (SSSR count). The van der Waals surface area contributed by atoms with Gasteiger partial charge in [0.05, 0.1) is 6.54 Å². The molecule has 0 unspecified atom stereocenters. The maximum atomic E-state index is 12.8. The van der Waals surface area contributed by atoms with Crippen LogP contribution in [0.15, 0.2) is 59.2 Å². The fourth-order valence-electron chi connectivity index (χ4n) is 2.21. The number of hydrogen-bond acceptors (Lipinski definition) is 4. The second-order valence-corrected chi connectivity index (χ2v) is 7.38. The fourth-order valence-corrected chi connectivity index (χ4v) is 3.52. The highest BCUT2D eigenvalue weighted by Gasteiger charge is 2.07. The quantitative estimate of drug-likeness (QED) is 0.609. The predicted molar refractivity (Wildman–Crippen MR) is 103 cm³/mol. The lowest BCUT2D eigenvalue weighted by Gasteiger charge is -2.05. The Bertz CT molecular complexity index is 867. The van der Waals surface area contributed by atoms with Crippen molar-refractivity contribution in [3.8, 4) is 0 Å². The zero-order valence-electron chi connectivity index (χ0n) is 13.1. The third-order valence-corrected chi connectivity index (χ3v) is 4.77. The van der Waals surface area contributed by atoms with Crippen LogP contribution in [0.4, 0.5) is 15.2 Å². The van der Waals surface area contributed by atoms with Gasteiger partial charge in [0.25, 0.3) is 0 Å². The lowest BCUT2D eigenvalue weighted by Crippen LogP contribution is -2.21. The van der Waals surface area contributed by atoms with Crippen LogP contribution in [0.25, 0.3) is 0 Å². The summed E-state index contributed by atoms with van der Waals surface area (Å²) in [6, 6.07) is 13.9. The Kier molecular flexibility index (Phi) is 5.78. The monoisotopic (exact) mass is 419 g/mol. The highest BCUT2D eigenvalue weighted by Crippen LogP contribution is 2.22. The molecular weight excluding hydrogens is 405 g/mol. The molecule has 1 amide bonds. The number of halogens is 2. The standard InChI is InChI=1S/C18H15BrFN3OS/c19-13-3-1-2-12(8-13)9-16-10-22-18(25-16)23-17(24)11-21-15-6-4-14(20)5-7-15/h1-8,10,21H,9,11H2,(H,22,23,24). The van der Waals surface area contributed by atoms with Crippen LogP contribution in [0.2, 0.25) is 0 Å². The summed E-state index contributed by atoms with van der Waals surface area (Å²) in [6.45, 7) is 0.0895. The van der Waals surface area contributed by atoms with E-state index in [0.29, 0.717) is 10.8 Å². The Labute approximate surface area is 157 Å². The van der Waals surface area contributed by atoms with Crippen molar-refractivity contribution >= 4 is 44.0 Å². The summed E-state index contributed by atoms with van der Waals surface area (Å²) in [5.74, 6) is -0.511. The SMILES string of the molecule is O=C(CNc1ccc(F)cc1)Nc1ncc(Cc2cccc(Br)c2)s1. The lowest BCUT2D eigenvalue weighted by atomic mass is 10.1. The zero-order valence-corrected chi connectivity index (χ0v) is 15.5. The highest BCUT2D eigenvalue weighted by molar-refractivity contribution is 9.10. The van der Waals surface area contributed by atoms with Crippen LogP contribution < -0.4 is 10.6 Å². The molecule has 0 spiro atoms. The van der Waals surface area contributed by atoms with Gasteiger partial charge in [0, 0.05) is 27.7 Å². The molecule has 2 aromatic carbocycles. The first-order valence-electron chi connectivity index (χ1n) is 7.57. The van der Waals surface area contributed by atoms with Gasteiger partial charge < -0.3 is 10.6 Å². The number of nitrogens with one attached hydrogen (secondary N) is 2. The third-order valence-electron chi connectivity index (χ3n) is 3.36. The molecule has 0 aliphatic carbocycles. The van der Waals surface area contributed by atoms with Crippen molar-refractivity contribution in [3.63, 3.8) is 0 Å². The van der Waals surface area contributed by atoms with Gasteiger partial charge in [0.2, 0.25) is 5.91 Å². The van der Waals surface area contributed by atoms with Crippen LogP contribution in [-0.2, 0) is 11.2 Å². The molecule has 1 aromatic heterocycles. The van der Waals surface area contributed by atoms with Gasteiger partial charge >= 0.3 is 0 Å². The van der Waals surface area contributed by atoms with Gasteiger partial charge in [0.1, 0.15) is 5.82 Å². The van der Waals surface area contributed by atoms with E-state index in [1.165, 1.54) is 29.0 Å². The Morgan fingerprint density at radius 2 is 2.00 bits per heavy atom. The van der Waals surface area contributed by atoms with Crippen LogP contribution in [0.3, 0.4) is 0 Å². The second kappa shape index (κ2) is 8.22. The number of aromatic nitrogens is 1. The van der Waals surface area contributed by atoms with E-state index in [1.807, 2.05) is 12.1 Å². The molecule has 0 radical (unpaired) electrons. The summed E-state index contributed by atoms with van der Waals surface area (Å²) < 4.78 is 13.9. The van der Waals surface area contributed by atoms with Crippen molar-refractivity contribution in [3.05, 3.63) is 75.5 Å². The van der Waals surface area contributed by atoms with Crippen molar-refractivity contribution in [1.82, 2.24) is 4.98 Å². The van der Waals surface area contributed by atoms with E-state index in [4.69, 9.17) is 0 Å². The van der Waals surface area contributed by atoms with Crippen molar-refractivity contribution < 1.29 is 9.18 Å². The zero-order chi connectivity index (χ0) is 17.6. The second-order valence-electron chi connectivity index (χ2n) is 5.35. The van der Waals surface area contributed by atoms with Gasteiger partial charge in [-0.05, 0) is 42.0 Å². The molecule has 1 heterocycles. The number of nitrogens with zero attached hydrogens (tertiary/aromatic N) is 1. The van der Waals surface area contributed by atoms with Crippen molar-refractivity contribution in [1.29, 1.82) is 0 Å². The number of thiazole rings is 1. The number of carbonyl (C=O) groups is 1. The van der Waals surface area contributed by atoms with E-state index >= 15 is 0 Å². The maximum Gasteiger partial charge on any atom is 0.245 e. The normalized spacial score (nSPS) is 10.5. The highest BCUT2D eigenvalue weighted by atomic mass is 79.9. The average Bonchev–Trinajstić information content (AvgIpc) is 3.01. The van der Waals surface area contributed by atoms with Crippen molar-refractivity contribution in [2.45, 2.75) is 6.42 Å². The first-order chi connectivity index (χ1) is 12.1. The number of amides is 1. The van der Waals surface area contributed by atoms with Gasteiger partial charge in [-0.2, -0.15) is 0 Å². The Hall–Kier alpha value is -2.25. The van der Waals surface area contributed by atoms with Gasteiger partial charge in [0.15, 0.2) is 5.13 Å². The minimum Gasteiger partial charge on any atom is -0.376 e. The first-order valence-corrected chi connectivity index (χ1v) is 9.18. The smallest absolute Gasteiger partial charge is 0.245 e. The van der Waals surface area contributed by atoms with E-state index in [0.717, 1.165) is 15.8 Å². The molecule has 0 aliphatic heterocycles. The molecule has 0 saturated heterocycles. The fraction of sp³-hybridized carbons (Fsp3) is 0.111. The number of anilines is 2. The van der Waals surface area contributed by atoms with E-state index in [2.05, 4.69) is 43.7 Å². The molecule has 0 fully saturated rings. The molecule has 0 bridgehead atoms. The van der Waals surface area contributed by atoms with Crippen LogP contribution in [0, 0.1) is 5.82 Å². The van der Waals surface area contributed by atoms with E-state index in [1.54, 1.807) is 18.3 Å². The third kappa shape index (κ3) is 5.37. The summed E-state index contributed by atoms with van der Waals surface area (Å²) in [5.41, 5.74) is 1.86. The summed E-state index contributed by atoms with van der Waals surface area (Å²) in [5, 5.41) is 6.27. The molecule has 0 aliphatic rings. The number of hydrogen-bond donors (Lipinski definition) is 2. The van der Waals surface area contributed by atoms with Gasteiger partial charge in [-0.3, -0.25) is 4.79 Å². The van der Waals surface area contributed by atoms with Gasteiger partial charge in [-0.1, -0.05) is 28.1 Å². The molecular formula is C18H15BrFN3OS. The van der Waals surface area contributed by atoms with E-state index in [9.17, 15) is 9.18 Å². The van der Waals surface area contributed by atoms with Gasteiger partial charge in [-0.15, -0.1) is 11.3 Å². The molecule has 4 nitrogen and oxygen atoms in total.